The van der Waals surface area contributed by atoms with Crippen molar-refractivity contribution in [2.45, 2.75) is 33.2 Å². The largest absolute Gasteiger partial charge is 0.373 e. The second-order valence-electron chi connectivity index (χ2n) is 5.47. The minimum Gasteiger partial charge on any atom is -0.373 e. The summed E-state index contributed by atoms with van der Waals surface area (Å²) < 4.78 is 0. The highest BCUT2D eigenvalue weighted by Gasteiger charge is 2.16. The second kappa shape index (κ2) is 6.57. The number of carbonyl (C=O) groups excluding carboxylic acids is 1. The Balaban J connectivity index is 2.31. The molecule has 2 N–H and O–H groups in total. The Kier molecular flexibility index (Phi) is 4.78. The molecule has 0 aliphatic rings. The Labute approximate surface area is 126 Å². The monoisotopic (exact) mass is 285 g/mol. The van der Waals surface area contributed by atoms with Gasteiger partial charge < -0.3 is 10.6 Å². The number of aromatic nitrogens is 1. The highest BCUT2D eigenvalue weighted by Crippen LogP contribution is 2.22. The molecule has 2 aromatic rings. The van der Waals surface area contributed by atoms with Crippen LogP contribution in [0, 0.1) is 5.92 Å². The molecular weight excluding hydrogens is 262 g/mol. The number of hydrogen-bond acceptors (Lipinski definition) is 3. The molecular formula is C17H23N3O. The van der Waals surface area contributed by atoms with Gasteiger partial charge in [-0.3, -0.25) is 4.79 Å². The van der Waals surface area contributed by atoms with Crippen LogP contribution in [0.5, 0.6) is 0 Å². The fraction of sp³-hybridized carbons (Fsp3) is 0.412. The number of anilines is 1. The van der Waals surface area contributed by atoms with Crippen molar-refractivity contribution in [2.24, 2.45) is 5.92 Å². The van der Waals surface area contributed by atoms with Crippen LogP contribution in [0.15, 0.2) is 30.3 Å². The number of carbonyl (C=O) groups is 1. The summed E-state index contributed by atoms with van der Waals surface area (Å²) in [6.45, 7) is 6.30. The SMILES string of the molecule is CCC(C)C(C)NC(=O)c1cc2ccccc2c(NC)n1. The van der Waals surface area contributed by atoms with E-state index >= 15 is 0 Å². The average Bonchev–Trinajstić information content (AvgIpc) is 2.52. The molecule has 4 heteroatoms. The van der Waals surface area contributed by atoms with E-state index in [0.29, 0.717) is 11.6 Å². The van der Waals surface area contributed by atoms with Crippen molar-refractivity contribution in [3.05, 3.63) is 36.0 Å². The lowest BCUT2D eigenvalue weighted by Crippen LogP contribution is -2.37. The van der Waals surface area contributed by atoms with Crippen LogP contribution in [0.3, 0.4) is 0 Å². The summed E-state index contributed by atoms with van der Waals surface area (Å²) in [5.41, 5.74) is 0.452. The van der Waals surface area contributed by atoms with Crippen LogP contribution in [0.2, 0.25) is 0 Å². The minimum absolute atomic E-state index is 0.120. The molecule has 1 amide bonds. The Morgan fingerprint density at radius 3 is 2.67 bits per heavy atom. The molecule has 0 radical (unpaired) electrons. The van der Waals surface area contributed by atoms with Crippen molar-refractivity contribution < 1.29 is 4.79 Å². The van der Waals surface area contributed by atoms with E-state index in [4.69, 9.17) is 0 Å². The van der Waals surface area contributed by atoms with Crippen LogP contribution < -0.4 is 10.6 Å². The van der Waals surface area contributed by atoms with Gasteiger partial charge in [0.25, 0.3) is 5.91 Å². The van der Waals surface area contributed by atoms with Gasteiger partial charge in [0.2, 0.25) is 0 Å². The minimum atomic E-state index is -0.120. The van der Waals surface area contributed by atoms with E-state index in [0.717, 1.165) is 23.0 Å². The third kappa shape index (κ3) is 3.32. The molecule has 0 aliphatic heterocycles. The number of fused-ring (bicyclic) bond motifs is 1. The molecule has 21 heavy (non-hydrogen) atoms. The summed E-state index contributed by atoms with van der Waals surface area (Å²) in [5.74, 6) is 1.05. The Hall–Kier alpha value is -2.10. The summed E-state index contributed by atoms with van der Waals surface area (Å²) in [6, 6.07) is 9.90. The number of nitrogens with one attached hydrogen (secondary N) is 2. The lowest BCUT2D eigenvalue weighted by molar-refractivity contribution is 0.0923. The maximum absolute atomic E-state index is 12.4. The third-order valence-corrected chi connectivity index (χ3v) is 4.07. The van der Waals surface area contributed by atoms with E-state index in [1.807, 2.05) is 44.3 Å². The second-order valence-corrected chi connectivity index (χ2v) is 5.47. The number of benzene rings is 1. The van der Waals surface area contributed by atoms with Gasteiger partial charge in [0, 0.05) is 18.5 Å². The lowest BCUT2D eigenvalue weighted by Gasteiger charge is -2.20. The van der Waals surface area contributed by atoms with E-state index in [1.54, 1.807) is 0 Å². The highest BCUT2D eigenvalue weighted by atomic mass is 16.1. The van der Waals surface area contributed by atoms with Crippen molar-refractivity contribution in [3.8, 4) is 0 Å². The molecule has 0 fully saturated rings. The molecule has 112 valence electrons. The van der Waals surface area contributed by atoms with E-state index in [2.05, 4.69) is 29.5 Å². The van der Waals surface area contributed by atoms with Crippen LogP contribution in [-0.4, -0.2) is 24.0 Å². The van der Waals surface area contributed by atoms with E-state index in [-0.39, 0.29) is 11.9 Å². The van der Waals surface area contributed by atoms with Gasteiger partial charge in [0.15, 0.2) is 0 Å². The predicted molar refractivity (Wildman–Crippen MR) is 87.7 cm³/mol. The first-order valence-electron chi connectivity index (χ1n) is 7.45. The van der Waals surface area contributed by atoms with Crippen molar-refractivity contribution in [1.29, 1.82) is 0 Å². The average molecular weight is 285 g/mol. The maximum atomic E-state index is 12.4. The van der Waals surface area contributed by atoms with Gasteiger partial charge in [-0.25, -0.2) is 4.98 Å². The zero-order valence-electron chi connectivity index (χ0n) is 13.1. The molecule has 1 aromatic heterocycles. The summed E-state index contributed by atoms with van der Waals surface area (Å²) in [7, 11) is 1.82. The van der Waals surface area contributed by atoms with Gasteiger partial charge in [-0.1, -0.05) is 44.5 Å². The van der Waals surface area contributed by atoms with Gasteiger partial charge >= 0.3 is 0 Å². The van der Waals surface area contributed by atoms with E-state index < -0.39 is 0 Å². The van der Waals surface area contributed by atoms with Crippen molar-refractivity contribution in [1.82, 2.24) is 10.3 Å². The first-order chi connectivity index (χ1) is 10.1. The molecule has 0 saturated heterocycles. The predicted octanol–water partition coefficient (Wildman–Crippen LogP) is 3.44. The lowest BCUT2D eigenvalue weighted by atomic mass is 10.0. The first-order valence-corrected chi connectivity index (χ1v) is 7.45. The van der Waals surface area contributed by atoms with Crippen molar-refractivity contribution in [2.75, 3.05) is 12.4 Å². The summed E-state index contributed by atoms with van der Waals surface area (Å²) in [5, 5.41) is 8.13. The van der Waals surface area contributed by atoms with Crippen LogP contribution >= 0.6 is 0 Å². The summed E-state index contributed by atoms with van der Waals surface area (Å²) in [6.07, 6.45) is 1.04. The summed E-state index contributed by atoms with van der Waals surface area (Å²) >= 11 is 0. The Morgan fingerprint density at radius 2 is 2.00 bits per heavy atom. The van der Waals surface area contributed by atoms with Crippen molar-refractivity contribution >= 4 is 22.5 Å². The molecule has 4 nitrogen and oxygen atoms in total. The molecule has 2 unspecified atom stereocenters. The molecule has 1 heterocycles. The van der Waals surface area contributed by atoms with Crippen LogP contribution in [0.4, 0.5) is 5.82 Å². The van der Waals surface area contributed by atoms with Gasteiger partial charge in [-0.15, -0.1) is 0 Å². The zero-order valence-corrected chi connectivity index (χ0v) is 13.1. The number of rotatable bonds is 5. The molecule has 0 spiro atoms. The normalized spacial score (nSPS) is 13.7. The quantitative estimate of drug-likeness (QED) is 0.884. The topological polar surface area (TPSA) is 54.0 Å². The molecule has 2 atom stereocenters. The fourth-order valence-corrected chi connectivity index (χ4v) is 2.28. The highest BCUT2D eigenvalue weighted by molar-refractivity contribution is 6.00. The smallest absolute Gasteiger partial charge is 0.270 e. The maximum Gasteiger partial charge on any atom is 0.270 e. The fourth-order valence-electron chi connectivity index (χ4n) is 2.28. The zero-order chi connectivity index (χ0) is 15.4. The van der Waals surface area contributed by atoms with E-state index in [1.165, 1.54) is 0 Å². The number of hydrogen-bond donors (Lipinski definition) is 2. The molecule has 0 bridgehead atoms. The Morgan fingerprint density at radius 1 is 1.29 bits per heavy atom. The van der Waals surface area contributed by atoms with Gasteiger partial charge in [-0.2, -0.15) is 0 Å². The van der Waals surface area contributed by atoms with Gasteiger partial charge in [-0.05, 0) is 24.3 Å². The first kappa shape index (κ1) is 15.3. The molecule has 2 rings (SSSR count). The van der Waals surface area contributed by atoms with Crippen LogP contribution in [-0.2, 0) is 0 Å². The van der Waals surface area contributed by atoms with Crippen molar-refractivity contribution in [3.63, 3.8) is 0 Å². The molecule has 0 saturated carbocycles. The van der Waals surface area contributed by atoms with Gasteiger partial charge in [0.05, 0.1) is 0 Å². The Bertz CT molecular complexity index is 639. The number of amides is 1. The summed E-state index contributed by atoms with van der Waals surface area (Å²) in [4.78, 5) is 16.8. The third-order valence-electron chi connectivity index (χ3n) is 4.07. The van der Waals surface area contributed by atoms with Crippen LogP contribution in [0.1, 0.15) is 37.7 Å². The number of pyridine rings is 1. The molecule has 0 aliphatic carbocycles. The number of nitrogens with zero attached hydrogens (tertiary/aromatic N) is 1. The molecule has 1 aromatic carbocycles. The standard InChI is InChI=1S/C17H23N3O/c1-5-11(2)12(3)19-17(21)15-10-13-8-6-7-9-14(13)16(18-4)20-15/h6-12H,5H2,1-4H3,(H,18,20)(H,19,21). The van der Waals surface area contributed by atoms with Gasteiger partial charge in [0.1, 0.15) is 11.5 Å². The van der Waals surface area contributed by atoms with Crippen LogP contribution in [0.25, 0.3) is 10.8 Å². The van der Waals surface area contributed by atoms with E-state index in [9.17, 15) is 4.79 Å².